The Labute approximate surface area is 243 Å². The number of fused-ring (bicyclic) bond motifs is 2. The van der Waals surface area contributed by atoms with Gasteiger partial charge in [-0.3, -0.25) is 4.90 Å². The summed E-state index contributed by atoms with van der Waals surface area (Å²) >= 11 is 0. The Hall–Kier alpha value is -3.48. The topological polar surface area (TPSA) is 148 Å². The van der Waals surface area contributed by atoms with Crippen molar-refractivity contribution >= 4 is 27.8 Å². The number of carboxylic acid groups (broad SMARTS) is 1. The summed E-state index contributed by atoms with van der Waals surface area (Å²) in [6.45, 7) is 7.08. The maximum Gasteiger partial charge on any atom is 0.352 e. The number of nitrogens with zero attached hydrogens (tertiary/aromatic N) is 2. The number of aliphatic hydroxyl groups excluding tert-OH is 2. The van der Waals surface area contributed by atoms with Crippen LogP contribution < -0.4 is 10.5 Å². The number of carboxylic acids is 1. The fraction of sp³-hybridized carbons (Fsp3) is 0.452. The first kappa shape index (κ1) is 30.0. The summed E-state index contributed by atoms with van der Waals surface area (Å²) in [4.78, 5) is 18.7. The molecule has 3 atom stereocenters. The fourth-order valence-electron chi connectivity index (χ4n) is 5.66. The summed E-state index contributed by atoms with van der Waals surface area (Å²) < 4.78 is 24.6. The van der Waals surface area contributed by atoms with Gasteiger partial charge in [0.05, 0.1) is 18.5 Å². The number of benzene rings is 2. The predicted molar refractivity (Wildman–Crippen MR) is 157 cm³/mol. The first-order valence-corrected chi connectivity index (χ1v) is 14.4. The lowest BCUT2D eigenvalue weighted by Gasteiger charge is -2.40. The molecule has 2 fully saturated rings. The number of rotatable bonds is 7. The van der Waals surface area contributed by atoms with Gasteiger partial charge in [0.2, 0.25) is 0 Å². The predicted octanol–water partition coefficient (Wildman–Crippen LogP) is 3.56. The summed E-state index contributed by atoms with van der Waals surface area (Å²) in [6.07, 6.45) is 3.26. The van der Waals surface area contributed by atoms with E-state index in [1.807, 2.05) is 0 Å². The number of nitrogens with one attached hydrogen (secondary N) is 1. The van der Waals surface area contributed by atoms with Crippen LogP contribution in [0.15, 0.2) is 53.1 Å². The first-order valence-electron chi connectivity index (χ1n) is 14.4. The Balaban J connectivity index is 0.000000176. The van der Waals surface area contributed by atoms with Gasteiger partial charge >= 0.3 is 5.97 Å². The standard InChI is InChI=1S/C18H12FNO4.C13H27N3O2/c19-11-4-5-17-12(6-11)10(9-24-17)8-23-16-3-1-2-14-13(16)7-15(20-14)18(21)22;1-10(8-15-5-2-11(14)3-6-15)16-7-4-12(17)13(18)9-16/h1-7,9,20H,8H2,(H,21,22);10-13,17-18H,2-9,14H2,1H3/t;10-,12?,13?/m.0/s1. The van der Waals surface area contributed by atoms with Crippen LogP contribution in [0.1, 0.15) is 42.2 Å². The van der Waals surface area contributed by atoms with E-state index in [-0.39, 0.29) is 18.1 Å². The van der Waals surface area contributed by atoms with Crippen LogP contribution in [-0.2, 0) is 6.61 Å². The Kier molecular flexibility index (Phi) is 9.44. The number of carbonyl (C=O) groups is 1. The van der Waals surface area contributed by atoms with Crippen LogP contribution in [0.4, 0.5) is 4.39 Å². The average molecular weight is 583 g/mol. The largest absolute Gasteiger partial charge is 0.488 e. The molecule has 2 aliphatic rings. The van der Waals surface area contributed by atoms with Gasteiger partial charge in [-0.15, -0.1) is 0 Å². The van der Waals surface area contributed by atoms with Gasteiger partial charge in [0.25, 0.3) is 0 Å². The highest BCUT2D eigenvalue weighted by Crippen LogP contribution is 2.29. The zero-order valence-corrected chi connectivity index (χ0v) is 23.7. The van der Waals surface area contributed by atoms with Gasteiger partial charge in [0, 0.05) is 53.6 Å². The molecule has 0 saturated carbocycles. The highest BCUT2D eigenvalue weighted by molar-refractivity contribution is 5.96. The summed E-state index contributed by atoms with van der Waals surface area (Å²) in [5.74, 6) is -0.834. The van der Waals surface area contributed by atoms with Gasteiger partial charge in [-0.05, 0) is 75.7 Å². The van der Waals surface area contributed by atoms with Crippen molar-refractivity contribution in [3.63, 3.8) is 0 Å². The van der Waals surface area contributed by atoms with Crippen molar-refractivity contribution in [3.8, 4) is 5.75 Å². The van der Waals surface area contributed by atoms with Crippen LogP contribution in [0.2, 0.25) is 0 Å². The molecule has 0 amide bonds. The normalized spacial score (nSPS) is 21.3. The number of furan rings is 1. The molecular formula is C31H39FN4O6. The number of aromatic amines is 1. The van der Waals surface area contributed by atoms with E-state index >= 15 is 0 Å². The molecular weight excluding hydrogens is 543 g/mol. The Bertz CT molecular complexity index is 1500. The van der Waals surface area contributed by atoms with Crippen molar-refractivity contribution < 1.29 is 33.7 Å². The molecule has 2 aromatic carbocycles. The van der Waals surface area contributed by atoms with Gasteiger partial charge in [-0.2, -0.15) is 0 Å². The zero-order valence-electron chi connectivity index (χ0n) is 23.7. The molecule has 2 aromatic heterocycles. The monoisotopic (exact) mass is 582 g/mol. The smallest absolute Gasteiger partial charge is 0.352 e. The molecule has 2 saturated heterocycles. The van der Waals surface area contributed by atoms with E-state index in [0.29, 0.717) is 52.7 Å². The van der Waals surface area contributed by atoms with Crippen molar-refractivity contribution in [1.29, 1.82) is 0 Å². The van der Waals surface area contributed by atoms with Gasteiger partial charge < -0.3 is 40.1 Å². The van der Waals surface area contributed by atoms with Gasteiger partial charge in [-0.1, -0.05) is 6.07 Å². The number of piperidine rings is 2. The molecule has 2 unspecified atom stereocenters. The zero-order chi connectivity index (χ0) is 29.8. The highest BCUT2D eigenvalue weighted by atomic mass is 19.1. The molecule has 6 rings (SSSR count). The number of halogens is 1. The van der Waals surface area contributed by atoms with Crippen LogP contribution >= 0.6 is 0 Å². The number of aliphatic hydroxyl groups is 2. The third-order valence-corrected chi connectivity index (χ3v) is 8.21. The van der Waals surface area contributed by atoms with Gasteiger partial charge in [0.15, 0.2) is 0 Å². The van der Waals surface area contributed by atoms with Crippen LogP contribution in [-0.4, -0.2) is 93.1 Å². The van der Waals surface area contributed by atoms with E-state index in [4.69, 9.17) is 20.0 Å². The minimum atomic E-state index is -1.03. The second-order valence-corrected chi connectivity index (χ2v) is 11.3. The summed E-state index contributed by atoms with van der Waals surface area (Å²) in [5.41, 5.74) is 7.98. The number of hydrogen-bond acceptors (Lipinski definition) is 8. The molecule has 226 valence electrons. The molecule has 2 aliphatic heterocycles. The Morgan fingerprint density at radius 3 is 2.64 bits per heavy atom. The third kappa shape index (κ3) is 7.11. The molecule has 0 radical (unpaired) electrons. The third-order valence-electron chi connectivity index (χ3n) is 8.21. The molecule has 0 spiro atoms. The van der Waals surface area contributed by atoms with Gasteiger partial charge in [-0.25, -0.2) is 9.18 Å². The SMILES string of the molecule is C[C@@H](CN1CCC(N)CC1)N1CCC(O)C(O)C1.O=C(O)c1cc2c(OCc3coc4ccc(F)cc34)cccc2[nH]1. The van der Waals surface area contributed by atoms with Crippen LogP contribution in [0.3, 0.4) is 0 Å². The second-order valence-electron chi connectivity index (χ2n) is 11.3. The minimum Gasteiger partial charge on any atom is -0.488 e. The number of β-amino-alcohol motifs (C(OH)–C–C–N with tert-alkyl or cyclic N) is 1. The number of H-pyrrole nitrogens is 1. The van der Waals surface area contributed by atoms with E-state index in [1.54, 1.807) is 24.3 Å². The number of ether oxygens (including phenoxy) is 1. The summed E-state index contributed by atoms with van der Waals surface area (Å²) in [7, 11) is 0. The molecule has 0 bridgehead atoms. The van der Waals surface area contributed by atoms with Crippen molar-refractivity contribution in [2.45, 2.75) is 57.1 Å². The van der Waals surface area contributed by atoms with E-state index < -0.39 is 18.2 Å². The Morgan fingerprint density at radius 1 is 1.12 bits per heavy atom. The Morgan fingerprint density at radius 2 is 1.90 bits per heavy atom. The van der Waals surface area contributed by atoms with Crippen molar-refractivity contribution in [2.75, 3.05) is 32.7 Å². The second kappa shape index (κ2) is 13.2. The lowest BCUT2D eigenvalue weighted by molar-refractivity contribution is -0.0508. The number of hydrogen-bond donors (Lipinski definition) is 5. The van der Waals surface area contributed by atoms with E-state index in [1.165, 1.54) is 24.5 Å². The molecule has 10 nitrogen and oxygen atoms in total. The number of likely N-dealkylation sites (tertiary alicyclic amines) is 2. The van der Waals surface area contributed by atoms with Crippen molar-refractivity contribution in [3.05, 3.63) is 65.8 Å². The molecule has 4 heterocycles. The lowest BCUT2D eigenvalue weighted by Crippen LogP contribution is -2.53. The van der Waals surface area contributed by atoms with Gasteiger partial charge in [0.1, 0.15) is 29.5 Å². The number of aromatic nitrogens is 1. The van der Waals surface area contributed by atoms with Crippen molar-refractivity contribution in [2.24, 2.45) is 5.73 Å². The van der Waals surface area contributed by atoms with E-state index in [2.05, 4.69) is 21.7 Å². The fourth-order valence-corrected chi connectivity index (χ4v) is 5.66. The first-order chi connectivity index (χ1) is 20.2. The van der Waals surface area contributed by atoms with E-state index in [0.717, 1.165) is 44.6 Å². The van der Waals surface area contributed by atoms with Crippen molar-refractivity contribution in [1.82, 2.24) is 14.8 Å². The molecule has 4 aromatic rings. The highest BCUT2D eigenvalue weighted by Gasteiger charge is 2.29. The molecule has 42 heavy (non-hydrogen) atoms. The number of nitrogens with two attached hydrogens (primary N) is 1. The molecule has 11 heteroatoms. The number of aromatic carboxylic acids is 1. The lowest BCUT2D eigenvalue weighted by atomic mass is 10.0. The minimum absolute atomic E-state index is 0.0943. The quantitative estimate of drug-likeness (QED) is 0.221. The average Bonchev–Trinajstić information content (AvgIpc) is 3.59. The van der Waals surface area contributed by atoms with E-state index in [9.17, 15) is 19.4 Å². The van der Waals surface area contributed by atoms with Crippen LogP contribution in [0.5, 0.6) is 5.75 Å². The molecule has 0 aliphatic carbocycles. The maximum absolute atomic E-state index is 13.4. The van der Waals surface area contributed by atoms with Crippen LogP contribution in [0.25, 0.3) is 21.9 Å². The molecule has 6 N–H and O–H groups in total. The summed E-state index contributed by atoms with van der Waals surface area (Å²) in [5, 5.41) is 29.7. The van der Waals surface area contributed by atoms with Crippen LogP contribution in [0, 0.1) is 5.82 Å². The maximum atomic E-state index is 13.4. The summed E-state index contributed by atoms with van der Waals surface area (Å²) in [6, 6.07) is 11.9.